The lowest BCUT2D eigenvalue weighted by Gasteiger charge is -2.25. The fraction of sp³-hybridized carbons (Fsp3) is 0.417. The van der Waals surface area contributed by atoms with Gasteiger partial charge in [-0.25, -0.2) is 0 Å². The molecule has 7 heteroatoms. The van der Waals surface area contributed by atoms with Crippen molar-refractivity contribution in [3.8, 4) is 0 Å². The lowest BCUT2D eigenvalue weighted by Crippen LogP contribution is -2.39. The Labute approximate surface area is 107 Å². The molecule has 0 bridgehead atoms. The number of likely N-dealkylation sites (tertiary alicyclic amines) is 1. The molecule has 1 amide bonds. The van der Waals surface area contributed by atoms with E-state index in [9.17, 15) is 22.8 Å². The summed E-state index contributed by atoms with van der Waals surface area (Å²) in [4.78, 5) is 28.0. The largest absolute Gasteiger partial charge is 0.417 e. The first kappa shape index (κ1) is 13.5. The van der Waals surface area contributed by atoms with Gasteiger partial charge < -0.3 is 4.90 Å². The zero-order valence-electron chi connectivity index (χ0n) is 9.91. The summed E-state index contributed by atoms with van der Waals surface area (Å²) in [6.07, 6.45) is -3.26. The van der Waals surface area contributed by atoms with Crippen LogP contribution in [0.15, 0.2) is 18.3 Å². The number of ketones is 1. The number of carbonyl (C=O) groups is 2. The van der Waals surface area contributed by atoms with Crippen molar-refractivity contribution in [1.29, 1.82) is 0 Å². The third-order valence-electron chi connectivity index (χ3n) is 2.92. The molecule has 1 aromatic rings. The summed E-state index contributed by atoms with van der Waals surface area (Å²) in [5.74, 6) is -0.356. The van der Waals surface area contributed by atoms with Crippen molar-refractivity contribution in [2.45, 2.75) is 19.0 Å². The molecule has 0 aromatic carbocycles. The van der Waals surface area contributed by atoms with Gasteiger partial charge in [0.25, 0.3) is 5.91 Å². The van der Waals surface area contributed by atoms with Crippen molar-refractivity contribution in [2.24, 2.45) is 0 Å². The van der Waals surface area contributed by atoms with E-state index < -0.39 is 17.6 Å². The van der Waals surface area contributed by atoms with Gasteiger partial charge in [0.05, 0.1) is 5.56 Å². The molecule has 1 aliphatic heterocycles. The maximum atomic E-state index is 12.3. The summed E-state index contributed by atoms with van der Waals surface area (Å²) < 4.78 is 37.0. The van der Waals surface area contributed by atoms with Crippen LogP contribution < -0.4 is 0 Å². The zero-order chi connectivity index (χ0) is 14.0. The van der Waals surface area contributed by atoms with Crippen molar-refractivity contribution in [2.75, 3.05) is 13.1 Å². The molecule has 0 atom stereocenters. The highest BCUT2D eigenvalue weighted by Crippen LogP contribution is 2.28. The molecule has 0 aliphatic carbocycles. The molecule has 1 aliphatic rings. The SMILES string of the molecule is O=C1CCN(C(=O)c2ccc(C(F)(F)F)cn2)CC1. The Kier molecular flexibility index (Phi) is 3.55. The minimum Gasteiger partial charge on any atom is -0.336 e. The monoisotopic (exact) mass is 272 g/mol. The molecule has 0 spiro atoms. The number of nitrogens with zero attached hydrogens (tertiary/aromatic N) is 2. The first-order valence-corrected chi connectivity index (χ1v) is 5.72. The molecule has 1 aromatic heterocycles. The highest BCUT2D eigenvalue weighted by molar-refractivity contribution is 5.93. The lowest BCUT2D eigenvalue weighted by molar-refractivity contribution is -0.137. The number of halogens is 3. The van der Waals surface area contributed by atoms with Crippen LogP contribution in [0.4, 0.5) is 13.2 Å². The number of hydrogen-bond donors (Lipinski definition) is 0. The Morgan fingerprint density at radius 3 is 2.32 bits per heavy atom. The van der Waals surface area contributed by atoms with E-state index in [1.54, 1.807) is 0 Å². The topological polar surface area (TPSA) is 50.3 Å². The molecule has 0 unspecified atom stereocenters. The van der Waals surface area contributed by atoms with Crippen molar-refractivity contribution in [3.63, 3.8) is 0 Å². The molecular formula is C12H11F3N2O2. The first-order chi connectivity index (χ1) is 8.88. The van der Waals surface area contributed by atoms with Gasteiger partial charge in [-0.3, -0.25) is 14.6 Å². The van der Waals surface area contributed by atoms with E-state index in [1.807, 2.05) is 0 Å². The Bertz CT molecular complexity index is 487. The van der Waals surface area contributed by atoms with Crippen LogP contribution in [0.1, 0.15) is 28.9 Å². The van der Waals surface area contributed by atoms with Crippen LogP contribution in [0, 0.1) is 0 Å². The number of carbonyl (C=O) groups excluding carboxylic acids is 2. The van der Waals surface area contributed by atoms with Gasteiger partial charge in [0, 0.05) is 32.1 Å². The van der Waals surface area contributed by atoms with Crippen LogP contribution in [0.25, 0.3) is 0 Å². The maximum absolute atomic E-state index is 12.3. The predicted octanol–water partition coefficient (Wildman–Crippen LogP) is 1.91. The Morgan fingerprint density at radius 2 is 1.84 bits per heavy atom. The van der Waals surface area contributed by atoms with Gasteiger partial charge in [-0.05, 0) is 12.1 Å². The van der Waals surface area contributed by atoms with Crippen LogP contribution >= 0.6 is 0 Å². The van der Waals surface area contributed by atoms with E-state index in [0.717, 1.165) is 12.1 Å². The van der Waals surface area contributed by atoms with E-state index in [-0.39, 0.29) is 24.3 Å². The Morgan fingerprint density at radius 1 is 1.21 bits per heavy atom. The third-order valence-corrected chi connectivity index (χ3v) is 2.92. The van der Waals surface area contributed by atoms with Crippen molar-refractivity contribution >= 4 is 11.7 Å². The number of Topliss-reactive ketones (excluding diaryl/α,β-unsaturated/α-hetero) is 1. The number of aromatic nitrogens is 1. The minimum absolute atomic E-state index is 0.0395. The molecule has 102 valence electrons. The molecule has 19 heavy (non-hydrogen) atoms. The Balaban J connectivity index is 2.10. The van der Waals surface area contributed by atoms with Crippen molar-refractivity contribution < 1.29 is 22.8 Å². The van der Waals surface area contributed by atoms with Crippen LogP contribution in [0.5, 0.6) is 0 Å². The van der Waals surface area contributed by atoms with E-state index in [4.69, 9.17) is 0 Å². The zero-order valence-corrected chi connectivity index (χ0v) is 9.91. The molecule has 2 heterocycles. The second kappa shape index (κ2) is 4.99. The van der Waals surface area contributed by atoms with E-state index in [2.05, 4.69) is 4.98 Å². The highest BCUT2D eigenvalue weighted by Gasteiger charge is 2.31. The third kappa shape index (κ3) is 3.10. The summed E-state index contributed by atoms with van der Waals surface area (Å²) in [6, 6.07) is 1.89. The number of rotatable bonds is 1. The molecule has 2 rings (SSSR count). The van der Waals surface area contributed by atoms with Crippen LogP contribution in [0.3, 0.4) is 0 Å². The minimum atomic E-state index is -4.47. The standard InChI is InChI=1S/C12H11F3N2O2/c13-12(14,15)8-1-2-10(16-7-8)11(19)17-5-3-9(18)4-6-17/h1-2,7H,3-6H2. The van der Waals surface area contributed by atoms with E-state index in [1.165, 1.54) is 4.90 Å². The molecular weight excluding hydrogens is 261 g/mol. The average molecular weight is 272 g/mol. The summed E-state index contributed by atoms with van der Waals surface area (Å²) in [5, 5.41) is 0. The fourth-order valence-electron chi connectivity index (χ4n) is 1.81. The quantitative estimate of drug-likeness (QED) is 0.784. The van der Waals surface area contributed by atoms with Gasteiger partial charge in [-0.1, -0.05) is 0 Å². The molecule has 0 N–H and O–H groups in total. The van der Waals surface area contributed by atoms with Crippen LogP contribution in [0.2, 0.25) is 0 Å². The van der Waals surface area contributed by atoms with Gasteiger partial charge in [0.15, 0.2) is 0 Å². The second-order valence-corrected chi connectivity index (χ2v) is 4.26. The summed E-state index contributed by atoms with van der Waals surface area (Å²) in [5.41, 5.74) is -0.930. The van der Waals surface area contributed by atoms with Gasteiger partial charge in [0.2, 0.25) is 0 Å². The number of alkyl halides is 3. The molecule has 1 saturated heterocycles. The van der Waals surface area contributed by atoms with Gasteiger partial charge in [-0.15, -0.1) is 0 Å². The number of hydrogen-bond acceptors (Lipinski definition) is 3. The van der Waals surface area contributed by atoms with Crippen molar-refractivity contribution in [1.82, 2.24) is 9.88 Å². The van der Waals surface area contributed by atoms with Crippen molar-refractivity contribution in [3.05, 3.63) is 29.6 Å². The summed E-state index contributed by atoms with van der Waals surface area (Å²) in [6.45, 7) is 0.584. The summed E-state index contributed by atoms with van der Waals surface area (Å²) >= 11 is 0. The summed E-state index contributed by atoms with van der Waals surface area (Å²) in [7, 11) is 0. The number of pyridine rings is 1. The van der Waals surface area contributed by atoms with Crippen LogP contribution in [-0.2, 0) is 11.0 Å². The lowest BCUT2D eigenvalue weighted by atomic mass is 10.1. The van der Waals surface area contributed by atoms with E-state index in [0.29, 0.717) is 19.3 Å². The second-order valence-electron chi connectivity index (χ2n) is 4.26. The van der Waals surface area contributed by atoms with Crippen LogP contribution in [-0.4, -0.2) is 34.7 Å². The average Bonchev–Trinajstić information content (AvgIpc) is 2.38. The molecule has 4 nitrogen and oxygen atoms in total. The fourth-order valence-corrected chi connectivity index (χ4v) is 1.81. The van der Waals surface area contributed by atoms with Gasteiger partial charge in [0.1, 0.15) is 11.5 Å². The highest BCUT2D eigenvalue weighted by atomic mass is 19.4. The molecule has 0 saturated carbocycles. The van der Waals surface area contributed by atoms with Gasteiger partial charge in [-0.2, -0.15) is 13.2 Å². The van der Waals surface area contributed by atoms with E-state index >= 15 is 0 Å². The predicted molar refractivity (Wildman–Crippen MR) is 59.4 cm³/mol. The maximum Gasteiger partial charge on any atom is 0.417 e. The van der Waals surface area contributed by atoms with Gasteiger partial charge >= 0.3 is 6.18 Å². The molecule has 0 radical (unpaired) electrons. The smallest absolute Gasteiger partial charge is 0.336 e. The normalized spacial score (nSPS) is 16.6. The Hall–Kier alpha value is -1.92. The number of piperidine rings is 1. The molecule has 1 fully saturated rings. The number of amides is 1. The first-order valence-electron chi connectivity index (χ1n) is 5.72.